The summed E-state index contributed by atoms with van der Waals surface area (Å²) < 4.78 is 17.2. The largest absolute Gasteiger partial charge is 0.462 e. The van der Waals surface area contributed by atoms with Crippen LogP contribution >= 0.6 is 11.3 Å². The molecule has 0 saturated carbocycles. The van der Waals surface area contributed by atoms with Crippen molar-refractivity contribution in [3.8, 4) is 5.75 Å². The van der Waals surface area contributed by atoms with E-state index in [1.807, 2.05) is 0 Å². The van der Waals surface area contributed by atoms with Crippen molar-refractivity contribution in [1.82, 2.24) is 5.32 Å². The fraction of sp³-hybridized carbons (Fsp3) is 0.529. The number of amides is 1. The number of aryl methyl sites for hydroxylation is 1. The highest BCUT2D eigenvalue weighted by Crippen LogP contribution is 2.33. The van der Waals surface area contributed by atoms with Crippen LogP contribution in [0.5, 0.6) is 5.75 Å². The number of hydrogen-bond acceptors (Lipinski definition) is 9. The molecule has 27 heavy (non-hydrogen) atoms. The molecule has 10 heteroatoms. The Bertz CT molecular complexity index is 906. The molecule has 9 nitrogen and oxygen atoms in total. The van der Waals surface area contributed by atoms with Crippen LogP contribution in [0.2, 0.25) is 0 Å². The molecule has 3 rings (SSSR count). The number of carbonyl (C=O) groups excluding carboxylic acids is 1. The molecular weight excluding hydrogens is 378 g/mol. The van der Waals surface area contributed by atoms with Crippen LogP contribution in [-0.4, -0.2) is 58.5 Å². The van der Waals surface area contributed by atoms with Crippen molar-refractivity contribution < 1.29 is 34.0 Å². The van der Waals surface area contributed by atoms with Crippen molar-refractivity contribution in [3.05, 3.63) is 26.9 Å². The molecule has 1 aliphatic heterocycles. The zero-order valence-corrected chi connectivity index (χ0v) is 15.8. The first-order valence-corrected chi connectivity index (χ1v) is 9.14. The lowest BCUT2D eigenvalue weighted by Crippen LogP contribution is -2.65. The molecule has 1 aliphatic rings. The van der Waals surface area contributed by atoms with Crippen LogP contribution in [0.3, 0.4) is 0 Å². The normalized spacial score (nSPS) is 28.3. The highest BCUT2D eigenvalue weighted by molar-refractivity contribution is 7.16. The van der Waals surface area contributed by atoms with Gasteiger partial charge < -0.3 is 34.5 Å². The van der Waals surface area contributed by atoms with Gasteiger partial charge >= 0.3 is 4.94 Å². The van der Waals surface area contributed by atoms with Crippen molar-refractivity contribution >= 4 is 27.5 Å². The summed E-state index contributed by atoms with van der Waals surface area (Å²) in [7, 11) is 0. The minimum Gasteiger partial charge on any atom is -0.462 e. The molecule has 0 radical (unpaired) electrons. The Labute approximate surface area is 158 Å². The quantitative estimate of drug-likeness (QED) is 0.554. The monoisotopic (exact) mass is 399 g/mol. The van der Waals surface area contributed by atoms with Crippen molar-refractivity contribution in [3.63, 3.8) is 0 Å². The van der Waals surface area contributed by atoms with Gasteiger partial charge in [-0.15, -0.1) is 0 Å². The Hall–Kier alpha value is -1.98. The van der Waals surface area contributed by atoms with Gasteiger partial charge in [0.1, 0.15) is 30.1 Å². The van der Waals surface area contributed by atoms with Gasteiger partial charge in [0.2, 0.25) is 12.2 Å². The third kappa shape index (κ3) is 3.71. The molecule has 0 unspecified atom stereocenters. The van der Waals surface area contributed by atoms with E-state index in [1.54, 1.807) is 19.9 Å². The number of rotatable bonds is 4. The van der Waals surface area contributed by atoms with E-state index in [1.165, 1.54) is 6.92 Å². The number of nitrogens with one attached hydrogen (secondary N) is 1. The number of carbonyl (C=O) groups is 1. The lowest BCUT2D eigenvalue weighted by atomic mass is 9.97. The lowest BCUT2D eigenvalue weighted by molar-refractivity contribution is -0.244. The fourth-order valence-corrected chi connectivity index (χ4v) is 3.81. The smallest absolute Gasteiger partial charge is 0.396 e. The maximum absolute atomic E-state index is 11.5. The van der Waals surface area contributed by atoms with Gasteiger partial charge in [-0.25, -0.2) is 4.79 Å². The van der Waals surface area contributed by atoms with Crippen molar-refractivity contribution in [2.75, 3.05) is 6.61 Å². The van der Waals surface area contributed by atoms with Crippen LogP contribution < -0.4 is 15.0 Å². The molecule has 1 aromatic carbocycles. The molecule has 2 heterocycles. The molecule has 0 spiro atoms. The van der Waals surface area contributed by atoms with Crippen LogP contribution in [0.1, 0.15) is 18.1 Å². The van der Waals surface area contributed by atoms with Crippen LogP contribution in [0.15, 0.2) is 15.3 Å². The summed E-state index contributed by atoms with van der Waals surface area (Å²) in [6, 6.07) is 0.561. The van der Waals surface area contributed by atoms with Gasteiger partial charge in [0.15, 0.2) is 5.58 Å². The second-order valence-corrected chi connectivity index (χ2v) is 7.43. The number of benzene rings is 1. The van der Waals surface area contributed by atoms with Crippen molar-refractivity contribution in [2.45, 2.75) is 51.4 Å². The summed E-state index contributed by atoms with van der Waals surface area (Å²) in [5.41, 5.74) is 1.88. The van der Waals surface area contributed by atoms with Crippen LogP contribution in [0.4, 0.5) is 0 Å². The number of ether oxygens (including phenoxy) is 2. The minimum absolute atomic E-state index is 0.373. The standard InChI is InChI=1S/C17H21NO8S/c1-6-7(2)15-11(27-17(23)26-15)4-9(6)24-16-12(18-8(3)20)14(22)13(21)10(5-19)25-16/h4,10,12-14,16,19,21-22H,5H2,1-3H3,(H,18,20)/t10-,12+,13+,14-,16-/m1/s1. The first-order valence-electron chi connectivity index (χ1n) is 8.33. The SMILES string of the molecule is CC(=O)N[C@@H]1[C@H](Oc2cc3sc(=O)oc3c(C)c2C)O[C@H](CO)[C@H](O)[C@@H]1O. The average Bonchev–Trinajstić information content (AvgIpc) is 2.99. The topological polar surface area (TPSA) is 138 Å². The predicted molar refractivity (Wildman–Crippen MR) is 95.8 cm³/mol. The van der Waals surface area contributed by atoms with Crippen LogP contribution in [0, 0.1) is 13.8 Å². The number of aliphatic hydroxyl groups excluding tert-OH is 3. The Morgan fingerprint density at radius 1 is 1.30 bits per heavy atom. The van der Waals surface area contributed by atoms with Gasteiger partial charge in [-0.05, 0) is 25.0 Å². The molecule has 148 valence electrons. The highest BCUT2D eigenvalue weighted by Gasteiger charge is 2.46. The van der Waals surface area contributed by atoms with Gasteiger partial charge in [-0.1, -0.05) is 11.3 Å². The second-order valence-electron chi connectivity index (χ2n) is 6.46. The molecule has 5 atom stereocenters. The zero-order chi connectivity index (χ0) is 19.9. The van der Waals surface area contributed by atoms with Gasteiger partial charge in [0.05, 0.1) is 11.3 Å². The summed E-state index contributed by atoms with van der Waals surface area (Å²) in [5.74, 6) is -0.0695. The van der Waals surface area contributed by atoms with Gasteiger partial charge in [0.25, 0.3) is 0 Å². The molecular formula is C17H21NO8S. The fourth-order valence-electron chi connectivity index (χ4n) is 3.05. The van der Waals surface area contributed by atoms with Crippen LogP contribution in [0.25, 0.3) is 10.3 Å². The van der Waals surface area contributed by atoms with E-state index in [9.17, 15) is 24.9 Å². The summed E-state index contributed by atoms with van der Waals surface area (Å²) in [4.78, 5) is 22.6. The van der Waals surface area contributed by atoms with E-state index >= 15 is 0 Å². The molecule has 1 aromatic heterocycles. The Balaban J connectivity index is 1.97. The van der Waals surface area contributed by atoms with Crippen LogP contribution in [-0.2, 0) is 9.53 Å². The van der Waals surface area contributed by atoms with E-state index in [2.05, 4.69) is 5.32 Å². The predicted octanol–water partition coefficient (Wildman–Crippen LogP) is -0.206. The Morgan fingerprint density at radius 3 is 2.63 bits per heavy atom. The third-order valence-corrected chi connectivity index (χ3v) is 5.40. The maximum Gasteiger partial charge on any atom is 0.396 e. The summed E-state index contributed by atoms with van der Waals surface area (Å²) >= 11 is 0.926. The highest BCUT2D eigenvalue weighted by atomic mass is 32.1. The molecule has 0 aliphatic carbocycles. The molecule has 1 fully saturated rings. The first kappa shape index (κ1) is 19.8. The second kappa shape index (κ2) is 7.56. The van der Waals surface area contributed by atoms with E-state index < -0.39 is 48.1 Å². The third-order valence-electron chi connectivity index (χ3n) is 4.63. The van der Waals surface area contributed by atoms with Gasteiger partial charge in [-0.2, -0.15) is 0 Å². The Kier molecular flexibility index (Phi) is 5.54. The van der Waals surface area contributed by atoms with Gasteiger partial charge in [0, 0.05) is 13.0 Å². The molecule has 2 aromatic rings. The summed E-state index contributed by atoms with van der Waals surface area (Å²) in [6.45, 7) is 4.28. The molecule has 0 bridgehead atoms. The zero-order valence-electron chi connectivity index (χ0n) is 15.0. The first-order chi connectivity index (χ1) is 12.7. The van der Waals surface area contributed by atoms with E-state index in [0.717, 1.165) is 11.3 Å². The molecule has 4 N–H and O–H groups in total. The summed E-state index contributed by atoms with van der Waals surface area (Å²) in [5, 5.41) is 32.3. The van der Waals surface area contributed by atoms with Crippen molar-refractivity contribution in [1.29, 1.82) is 0 Å². The Morgan fingerprint density at radius 2 is 2.00 bits per heavy atom. The average molecular weight is 399 g/mol. The van der Waals surface area contributed by atoms with E-state index in [4.69, 9.17) is 13.9 Å². The number of aliphatic hydroxyl groups is 3. The molecule has 1 amide bonds. The summed E-state index contributed by atoms with van der Waals surface area (Å²) in [6.07, 6.45) is -5.04. The maximum atomic E-state index is 11.5. The molecule has 1 saturated heterocycles. The minimum atomic E-state index is -1.40. The van der Waals surface area contributed by atoms with E-state index in [0.29, 0.717) is 27.2 Å². The van der Waals surface area contributed by atoms with Crippen molar-refractivity contribution in [2.24, 2.45) is 0 Å². The number of hydrogen-bond donors (Lipinski definition) is 4. The number of fused-ring (bicyclic) bond motifs is 1. The van der Waals surface area contributed by atoms with Gasteiger partial charge in [-0.3, -0.25) is 4.79 Å². The lowest BCUT2D eigenvalue weighted by Gasteiger charge is -2.42. The van der Waals surface area contributed by atoms with E-state index in [-0.39, 0.29) is 0 Å².